The third-order valence-corrected chi connectivity index (χ3v) is 2.84. The maximum atomic E-state index is 11.7. The molecule has 0 spiro atoms. The largest absolute Gasteiger partial charge is 0.493 e. The van der Waals surface area contributed by atoms with Crippen LogP contribution in [0.4, 0.5) is 0 Å². The first-order valence-electron chi connectivity index (χ1n) is 6.76. The number of esters is 1. The molecule has 21 heavy (non-hydrogen) atoms. The van der Waals surface area contributed by atoms with Crippen molar-refractivity contribution in [2.75, 3.05) is 20.8 Å². The van der Waals surface area contributed by atoms with Crippen LogP contribution in [0.2, 0.25) is 0 Å². The van der Waals surface area contributed by atoms with E-state index in [0.29, 0.717) is 11.5 Å². The van der Waals surface area contributed by atoms with Gasteiger partial charge < -0.3 is 19.3 Å². The van der Waals surface area contributed by atoms with Gasteiger partial charge in [-0.1, -0.05) is 19.9 Å². The molecule has 0 fully saturated rings. The monoisotopic (exact) mass is 297 g/mol. The Bertz CT molecular complexity index is 461. The number of benzene rings is 1. The summed E-state index contributed by atoms with van der Waals surface area (Å²) >= 11 is 0. The normalized spacial score (nSPS) is 12.1. The van der Waals surface area contributed by atoms with Crippen molar-refractivity contribution in [1.29, 1.82) is 0 Å². The Kier molecular flexibility index (Phi) is 6.98. The van der Waals surface area contributed by atoms with Gasteiger partial charge >= 0.3 is 5.97 Å². The zero-order valence-electron chi connectivity index (χ0n) is 12.9. The highest BCUT2D eigenvalue weighted by molar-refractivity contribution is 5.75. The van der Waals surface area contributed by atoms with E-state index in [2.05, 4.69) is 5.32 Å². The van der Waals surface area contributed by atoms with Crippen molar-refractivity contribution < 1.29 is 24.1 Å². The highest BCUT2D eigenvalue weighted by atomic mass is 16.5. The van der Waals surface area contributed by atoms with E-state index in [1.165, 1.54) is 14.2 Å². The van der Waals surface area contributed by atoms with Gasteiger partial charge in [-0.15, -0.1) is 0 Å². The number of aliphatic hydroxyl groups excluding tert-OH is 1. The summed E-state index contributed by atoms with van der Waals surface area (Å²) < 4.78 is 15.6. The minimum absolute atomic E-state index is 0.0731. The number of hydrogen-bond donors (Lipinski definition) is 2. The summed E-state index contributed by atoms with van der Waals surface area (Å²) in [5.41, 5.74) is 0.726. The lowest BCUT2D eigenvalue weighted by molar-refractivity contribution is -0.144. The molecule has 1 unspecified atom stereocenters. The lowest BCUT2D eigenvalue weighted by Crippen LogP contribution is -2.45. The molecule has 118 valence electrons. The molecule has 0 aromatic heterocycles. The summed E-state index contributed by atoms with van der Waals surface area (Å²) in [4.78, 5) is 11.7. The minimum atomic E-state index is -0.558. The first-order chi connectivity index (χ1) is 10.0. The second-order valence-electron chi connectivity index (χ2n) is 4.85. The van der Waals surface area contributed by atoms with Gasteiger partial charge in [0.15, 0.2) is 11.5 Å². The van der Waals surface area contributed by atoms with Crippen molar-refractivity contribution in [3.05, 3.63) is 23.8 Å². The van der Waals surface area contributed by atoms with E-state index in [0.717, 1.165) is 5.56 Å². The molecule has 0 saturated heterocycles. The molecular formula is C15H23NO5. The highest BCUT2D eigenvalue weighted by Crippen LogP contribution is 2.28. The quantitative estimate of drug-likeness (QED) is 0.700. The van der Waals surface area contributed by atoms with Crippen LogP contribution >= 0.6 is 0 Å². The molecule has 6 heteroatoms. The second-order valence-corrected chi connectivity index (χ2v) is 4.85. The van der Waals surface area contributed by atoms with Gasteiger partial charge in [-0.25, -0.2) is 0 Å². The van der Waals surface area contributed by atoms with Crippen molar-refractivity contribution in [3.63, 3.8) is 0 Å². The van der Waals surface area contributed by atoms with Crippen LogP contribution in [0, 0.1) is 0 Å². The van der Waals surface area contributed by atoms with Gasteiger partial charge in [-0.3, -0.25) is 10.1 Å². The first-order valence-corrected chi connectivity index (χ1v) is 6.76. The van der Waals surface area contributed by atoms with E-state index in [4.69, 9.17) is 19.3 Å². The molecule has 2 N–H and O–H groups in total. The predicted octanol–water partition coefficient (Wildman–Crippen LogP) is 1.11. The number of nitrogens with one attached hydrogen (secondary N) is 1. The van der Waals surface area contributed by atoms with Gasteiger partial charge in [0.1, 0.15) is 12.6 Å². The molecule has 0 aliphatic carbocycles. The van der Waals surface area contributed by atoms with Crippen LogP contribution in [0.25, 0.3) is 0 Å². The zero-order valence-corrected chi connectivity index (χ0v) is 12.9. The number of ether oxygens (including phenoxy) is 3. The Labute approximate surface area is 125 Å². The maximum Gasteiger partial charge on any atom is 0.326 e. The number of methoxy groups -OCH3 is 2. The first kappa shape index (κ1) is 17.3. The number of hydrogen-bond acceptors (Lipinski definition) is 6. The molecule has 6 nitrogen and oxygen atoms in total. The lowest BCUT2D eigenvalue weighted by Gasteiger charge is -2.20. The summed E-state index contributed by atoms with van der Waals surface area (Å²) in [6.45, 7) is 3.93. The number of carbonyl (C=O) groups excluding carboxylic acids is 1. The van der Waals surface area contributed by atoms with Crippen LogP contribution in [0.15, 0.2) is 18.2 Å². The van der Waals surface area contributed by atoms with Crippen LogP contribution in [0.3, 0.4) is 0 Å². The molecule has 0 amide bonds. The van der Waals surface area contributed by atoms with Crippen molar-refractivity contribution in [2.24, 2.45) is 0 Å². The Hall–Kier alpha value is -1.79. The van der Waals surface area contributed by atoms with Crippen molar-refractivity contribution in [1.82, 2.24) is 5.32 Å². The van der Waals surface area contributed by atoms with E-state index in [1.54, 1.807) is 18.2 Å². The number of rotatable bonds is 8. The van der Waals surface area contributed by atoms with Gasteiger partial charge in [0, 0.05) is 6.04 Å². The lowest BCUT2D eigenvalue weighted by atomic mass is 10.2. The van der Waals surface area contributed by atoms with Gasteiger partial charge in [-0.2, -0.15) is 0 Å². The minimum Gasteiger partial charge on any atom is -0.493 e. The third-order valence-electron chi connectivity index (χ3n) is 2.84. The van der Waals surface area contributed by atoms with Crippen LogP contribution in [0.1, 0.15) is 19.4 Å². The van der Waals surface area contributed by atoms with Crippen LogP contribution in [-0.4, -0.2) is 44.0 Å². The van der Waals surface area contributed by atoms with Crippen molar-refractivity contribution in [3.8, 4) is 11.5 Å². The molecule has 1 atom stereocenters. The highest BCUT2D eigenvalue weighted by Gasteiger charge is 2.21. The van der Waals surface area contributed by atoms with E-state index < -0.39 is 6.04 Å². The summed E-state index contributed by atoms with van der Waals surface area (Å²) in [5.74, 6) is 0.638. The molecule has 1 aromatic rings. The smallest absolute Gasteiger partial charge is 0.326 e. The SMILES string of the molecule is COC(=O)C(COc1ccc(CO)cc1OC)NC(C)C. The summed E-state index contributed by atoms with van der Waals surface area (Å²) in [7, 11) is 2.86. The van der Waals surface area contributed by atoms with Crippen LogP contribution in [-0.2, 0) is 16.1 Å². The Morgan fingerprint density at radius 1 is 1.29 bits per heavy atom. The van der Waals surface area contributed by atoms with Crippen LogP contribution < -0.4 is 14.8 Å². The molecular weight excluding hydrogens is 274 g/mol. The topological polar surface area (TPSA) is 77.0 Å². The van der Waals surface area contributed by atoms with E-state index in [9.17, 15) is 4.79 Å². The Morgan fingerprint density at radius 3 is 2.52 bits per heavy atom. The second kappa shape index (κ2) is 8.49. The molecule has 0 bridgehead atoms. The average molecular weight is 297 g/mol. The standard InChI is InChI=1S/C15H23NO5/c1-10(2)16-12(15(18)20-4)9-21-13-6-5-11(8-17)7-14(13)19-3/h5-7,10,12,16-17H,8-9H2,1-4H3. The fourth-order valence-electron chi connectivity index (χ4n) is 1.83. The zero-order chi connectivity index (χ0) is 15.8. The molecule has 0 aliphatic rings. The fourth-order valence-corrected chi connectivity index (χ4v) is 1.83. The Morgan fingerprint density at radius 2 is 2.00 bits per heavy atom. The van der Waals surface area contributed by atoms with Gasteiger partial charge in [0.05, 0.1) is 20.8 Å². The van der Waals surface area contributed by atoms with E-state index >= 15 is 0 Å². The van der Waals surface area contributed by atoms with E-state index in [1.807, 2.05) is 13.8 Å². The van der Waals surface area contributed by atoms with Gasteiger partial charge in [0.25, 0.3) is 0 Å². The Balaban J connectivity index is 2.77. The molecule has 0 heterocycles. The fraction of sp³-hybridized carbons (Fsp3) is 0.533. The predicted molar refractivity (Wildman–Crippen MR) is 78.5 cm³/mol. The average Bonchev–Trinajstić information content (AvgIpc) is 2.49. The molecule has 0 aliphatic heterocycles. The van der Waals surface area contributed by atoms with E-state index in [-0.39, 0.29) is 25.2 Å². The number of carbonyl (C=O) groups is 1. The number of aliphatic hydroxyl groups is 1. The molecule has 1 aromatic carbocycles. The van der Waals surface area contributed by atoms with Crippen LogP contribution in [0.5, 0.6) is 11.5 Å². The molecule has 1 rings (SSSR count). The molecule has 0 saturated carbocycles. The summed E-state index contributed by atoms with van der Waals surface area (Å²) in [6, 6.07) is 4.70. The van der Waals surface area contributed by atoms with Crippen molar-refractivity contribution in [2.45, 2.75) is 32.5 Å². The summed E-state index contributed by atoms with van der Waals surface area (Å²) in [5, 5.41) is 12.2. The maximum absolute atomic E-state index is 11.7. The van der Waals surface area contributed by atoms with Gasteiger partial charge in [0.2, 0.25) is 0 Å². The summed E-state index contributed by atoms with van der Waals surface area (Å²) in [6.07, 6.45) is 0. The van der Waals surface area contributed by atoms with Gasteiger partial charge in [-0.05, 0) is 17.7 Å². The van der Waals surface area contributed by atoms with Crippen molar-refractivity contribution >= 4 is 5.97 Å². The third kappa shape index (κ3) is 5.24. The molecule has 0 radical (unpaired) electrons.